The van der Waals surface area contributed by atoms with Gasteiger partial charge < -0.3 is 5.11 Å². The molecule has 0 unspecified atom stereocenters. The third-order valence-electron chi connectivity index (χ3n) is 3.40. The number of rotatable bonds is 1. The minimum absolute atomic E-state index is 0.878. The van der Waals surface area contributed by atoms with Crippen molar-refractivity contribution in [1.82, 2.24) is 0 Å². The van der Waals surface area contributed by atoms with Gasteiger partial charge in [0.15, 0.2) is 0 Å². The topological polar surface area (TPSA) is 20.2 Å². The molecule has 0 bridgehead atoms. The molecule has 0 fully saturated rings. The average Bonchev–Trinajstić information content (AvgIpc) is 2.56. The van der Waals surface area contributed by atoms with Crippen molar-refractivity contribution in [2.24, 2.45) is 0 Å². The van der Waals surface area contributed by atoms with Crippen LogP contribution in [0, 0.1) is 0 Å². The van der Waals surface area contributed by atoms with E-state index < -0.39 is 5.60 Å². The second-order valence-corrected chi connectivity index (χ2v) is 5.43. The monoisotopic (exact) mass is 254 g/mol. The first-order chi connectivity index (χ1) is 8.75. The Bertz CT molecular complexity index is 556. The number of fused-ring (bicyclic) bond motifs is 2. The summed E-state index contributed by atoms with van der Waals surface area (Å²) >= 11 is 1.76. The van der Waals surface area contributed by atoms with Gasteiger partial charge in [-0.3, -0.25) is 0 Å². The molecule has 0 aliphatic carbocycles. The lowest BCUT2D eigenvalue weighted by molar-refractivity contribution is 0.131. The molecule has 0 spiro atoms. The summed E-state index contributed by atoms with van der Waals surface area (Å²) in [5, 5.41) is 11.0. The lowest BCUT2D eigenvalue weighted by atomic mass is 9.84. The van der Waals surface area contributed by atoms with E-state index in [4.69, 9.17) is 0 Å². The zero-order valence-corrected chi connectivity index (χ0v) is 10.8. The lowest BCUT2D eigenvalue weighted by Gasteiger charge is -2.27. The van der Waals surface area contributed by atoms with Crippen LogP contribution in [-0.4, -0.2) is 5.11 Å². The average molecular weight is 254 g/mol. The predicted octanol–water partition coefficient (Wildman–Crippen LogP) is 3.71. The molecule has 2 aromatic carbocycles. The van der Waals surface area contributed by atoms with Crippen molar-refractivity contribution >= 4 is 11.8 Å². The normalized spacial score (nSPS) is 21.6. The molecule has 1 heterocycles. The lowest BCUT2D eigenvalue weighted by Crippen LogP contribution is -2.25. The summed E-state index contributed by atoms with van der Waals surface area (Å²) in [4.78, 5) is 1.12. The quantitative estimate of drug-likeness (QED) is 0.783. The molecule has 0 saturated carbocycles. The molecule has 90 valence electrons. The standard InChI is InChI=1S/C16H14OS/c1-2-16(17)13-8-4-3-7-12(13)11-18-15-10-6-5-9-14(15)16/h2-10,17H,1,11H2/t16-/m0/s1. The first-order valence-electron chi connectivity index (χ1n) is 5.92. The van der Waals surface area contributed by atoms with E-state index in [-0.39, 0.29) is 0 Å². The van der Waals surface area contributed by atoms with E-state index in [9.17, 15) is 5.11 Å². The first-order valence-corrected chi connectivity index (χ1v) is 6.91. The molecule has 3 rings (SSSR count). The highest BCUT2D eigenvalue weighted by Crippen LogP contribution is 2.43. The summed E-state index contributed by atoms with van der Waals surface area (Å²) in [5.41, 5.74) is 1.95. The molecule has 2 heteroatoms. The van der Waals surface area contributed by atoms with E-state index in [2.05, 4.69) is 18.7 Å². The number of aliphatic hydroxyl groups is 1. The van der Waals surface area contributed by atoms with Gasteiger partial charge in [0.05, 0.1) is 0 Å². The summed E-state index contributed by atoms with van der Waals surface area (Å²) in [7, 11) is 0. The Morgan fingerprint density at radius 1 is 1.06 bits per heavy atom. The minimum atomic E-state index is -1.09. The van der Waals surface area contributed by atoms with Gasteiger partial charge in [-0.2, -0.15) is 0 Å². The molecule has 0 amide bonds. The van der Waals surface area contributed by atoms with Gasteiger partial charge in [0.2, 0.25) is 0 Å². The van der Waals surface area contributed by atoms with E-state index in [0.717, 1.165) is 21.8 Å². The van der Waals surface area contributed by atoms with Crippen LogP contribution < -0.4 is 0 Å². The van der Waals surface area contributed by atoms with Gasteiger partial charge in [-0.05, 0) is 17.2 Å². The van der Waals surface area contributed by atoms with Crippen molar-refractivity contribution in [2.75, 3.05) is 0 Å². The number of benzene rings is 2. The zero-order valence-electron chi connectivity index (χ0n) is 9.97. The first kappa shape index (κ1) is 11.6. The van der Waals surface area contributed by atoms with Crippen molar-refractivity contribution in [3.8, 4) is 0 Å². The van der Waals surface area contributed by atoms with Crippen LogP contribution in [0.2, 0.25) is 0 Å². The van der Waals surface area contributed by atoms with Crippen molar-refractivity contribution in [2.45, 2.75) is 16.2 Å². The zero-order chi connectivity index (χ0) is 12.6. The Hall–Kier alpha value is -1.51. The van der Waals surface area contributed by atoms with Crippen molar-refractivity contribution in [3.63, 3.8) is 0 Å². The SMILES string of the molecule is C=C[C@]1(O)c2ccccc2CSc2ccccc21. The molecule has 1 aliphatic rings. The van der Waals surface area contributed by atoms with E-state index >= 15 is 0 Å². The van der Waals surface area contributed by atoms with Gasteiger partial charge in [-0.15, -0.1) is 11.8 Å². The van der Waals surface area contributed by atoms with Crippen LogP contribution in [0.15, 0.2) is 66.1 Å². The largest absolute Gasteiger partial charge is 0.377 e. The maximum Gasteiger partial charge on any atom is 0.134 e. The van der Waals surface area contributed by atoms with Crippen LogP contribution in [0.5, 0.6) is 0 Å². The van der Waals surface area contributed by atoms with Gasteiger partial charge in [0, 0.05) is 16.2 Å². The summed E-state index contributed by atoms with van der Waals surface area (Å²) in [5.74, 6) is 0.878. The number of hydrogen-bond donors (Lipinski definition) is 1. The third-order valence-corrected chi connectivity index (χ3v) is 4.53. The highest BCUT2D eigenvalue weighted by atomic mass is 32.2. The van der Waals surface area contributed by atoms with Crippen LogP contribution in [0.3, 0.4) is 0 Å². The second kappa shape index (κ2) is 4.30. The number of hydrogen-bond acceptors (Lipinski definition) is 2. The van der Waals surface area contributed by atoms with Gasteiger partial charge in [-0.1, -0.05) is 55.1 Å². The fourth-order valence-electron chi connectivity index (χ4n) is 2.45. The molecule has 0 saturated heterocycles. The van der Waals surface area contributed by atoms with Crippen LogP contribution in [0.25, 0.3) is 0 Å². The van der Waals surface area contributed by atoms with Gasteiger partial charge >= 0.3 is 0 Å². The Labute approximate surface area is 111 Å². The summed E-state index contributed by atoms with van der Waals surface area (Å²) in [6.45, 7) is 3.84. The van der Waals surface area contributed by atoms with Crippen molar-refractivity contribution in [1.29, 1.82) is 0 Å². The van der Waals surface area contributed by atoms with Gasteiger partial charge in [0.1, 0.15) is 5.60 Å². The fourth-order valence-corrected chi connectivity index (χ4v) is 3.56. The van der Waals surface area contributed by atoms with Crippen molar-refractivity contribution < 1.29 is 5.11 Å². The Kier molecular flexibility index (Phi) is 2.77. The molecule has 2 aromatic rings. The maximum absolute atomic E-state index is 11.0. The molecule has 1 atom stereocenters. The molecule has 18 heavy (non-hydrogen) atoms. The molecule has 1 aliphatic heterocycles. The van der Waals surface area contributed by atoms with Gasteiger partial charge in [-0.25, -0.2) is 0 Å². The van der Waals surface area contributed by atoms with Crippen LogP contribution in [0.1, 0.15) is 16.7 Å². The third kappa shape index (κ3) is 1.61. The highest BCUT2D eigenvalue weighted by molar-refractivity contribution is 7.98. The fraction of sp³-hybridized carbons (Fsp3) is 0.125. The van der Waals surface area contributed by atoms with Crippen LogP contribution >= 0.6 is 11.8 Å². The maximum atomic E-state index is 11.0. The summed E-state index contributed by atoms with van der Waals surface area (Å²) < 4.78 is 0. The van der Waals surface area contributed by atoms with E-state index in [0.29, 0.717) is 0 Å². The van der Waals surface area contributed by atoms with Crippen LogP contribution in [0.4, 0.5) is 0 Å². The summed E-state index contributed by atoms with van der Waals surface area (Å²) in [6, 6.07) is 16.0. The van der Waals surface area contributed by atoms with Gasteiger partial charge in [0.25, 0.3) is 0 Å². The van der Waals surface area contributed by atoms with Crippen LogP contribution in [-0.2, 0) is 11.4 Å². The molecule has 1 N–H and O–H groups in total. The van der Waals surface area contributed by atoms with E-state index in [1.807, 2.05) is 36.4 Å². The molecule has 1 nitrogen and oxygen atoms in total. The number of thioether (sulfide) groups is 1. The summed E-state index contributed by atoms with van der Waals surface area (Å²) in [6.07, 6.45) is 1.64. The Morgan fingerprint density at radius 3 is 2.50 bits per heavy atom. The Morgan fingerprint density at radius 2 is 1.72 bits per heavy atom. The Balaban J connectivity index is 2.32. The minimum Gasteiger partial charge on any atom is -0.377 e. The molecular formula is C16H14OS. The smallest absolute Gasteiger partial charge is 0.134 e. The molecule has 0 aromatic heterocycles. The van der Waals surface area contributed by atoms with Crippen molar-refractivity contribution in [3.05, 3.63) is 77.9 Å². The highest BCUT2D eigenvalue weighted by Gasteiger charge is 2.34. The second-order valence-electron chi connectivity index (χ2n) is 4.41. The molecular weight excluding hydrogens is 240 g/mol. The van der Waals surface area contributed by atoms with E-state index in [1.54, 1.807) is 17.8 Å². The van der Waals surface area contributed by atoms with E-state index in [1.165, 1.54) is 5.56 Å². The molecule has 0 radical (unpaired) electrons. The predicted molar refractivity (Wildman–Crippen MR) is 75.6 cm³/mol.